The van der Waals surface area contributed by atoms with Crippen LogP contribution >= 0.6 is 0 Å². The molecule has 2 heterocycles. The topological polar surface area (TPSA) is 107 Å². The number of aromatic nitrogens is 4. The summed E-state index contributed by atoms with van der Waals surface area (Å²) >= 11 is 0. The molecule has 0 aliphatic carbocycles. The van der Waals surface area contributed by atoms with Crippen LogP contribution in [0.5, 0.6) is 11.5 Å². The summed E-state index contributed by atoms with van der Waals surface area (Å²) in [6.07, 6.45) is 3.62. The SMILES string of the molecule is COc1ccc(C(O[C@H](C)CCn2cnc3c(=O)[nH]c(/N=C/N(C)C)nc32)(c2ccccc2)c2ccc(OC)cc2)cc1. The monoisotopic (exact) mass is 580 g/mol. The zero-order valence-corrected chi connectivity index (χ0v) is 25.0. The van der Waals surface area contributed by atoms with Crippen LogP contribution in [0.4, 0.5) is 5.95 Å². The Morgan fingerprint density at radius 2 is 1.51 bits per heavy atom. The molecule has 1 atom stereocenters. The lowest BCUT2D eigenvalue weighted by atomic mass is 9.79. The Morgan fingerprint density at radius 1 is 0.930 bits per heavy atom. The summed E-state index contributed by atoms with van der Waals surface area (Å²) in [6.45, 7) is 2.58. The Bertz CT molecular complexity index is 1680. The fourth-order valence-corrected chi connectivity index (χ4v) is 5.05. The highest BCUT2D eigenvalue weighted by molar-refractivity contribution is 5.71. The highest BCUT2D eigenvalue weighted by Crippen LogP contribution is 2.42. The van der Waals surface area contributed by atoms with Crippen LogP contribution < -0.4 is 15.0 Å². The number of methoxy groups -OCH3 is 2. The minimum absolute atomic E-state index is 0.222. The first-order valence-electron chi connectivity index (χ1n) is 14.0. The van der Waals surface area contributed by atoms with Crippen LogP contribution in [0, 0.1) is 0 Å². The summed E-state index contributed by atoms with van der Waals surface area (Å²) in [4.78, 5) is 30.2. The molecule has 2 aromatic heterocycles. The van der Waals surface area contributed by atoms with Gasteiger partial charge in [-0.15, -0.1) is 0 Å². The van der Waals surface area contributed by atoms with E-state index in [1.807, 2.05) is 85.4 Å². The average molecular weight is 581 g/mol. The molecule has 0 radical (unpaired) electrons. The summed E-state index contributed by atoms with van der Waals surface area (Å²) in [5.41, 5.74) is 2.39. The van der Waals surface area contributed by atoms with E-state index in [1.54, 1.807) is 31.8 Å². The van der Waals surface area contributed by atoms with Gasteiger partial charge in [-0.25, -0.2) is 9.98 Å². The van der Waals surface area contributed by atoms with Crippen molar-refractivity contribution in [2.24, 2.45) is 4.99 Å². The molecule has 0 aliphatic heterocycles. The molecule has 0 saturated carbocycles. The predicted octanol–water partition coefficient (Wildman–Crippen LogP) is 5.15. The molecule has 0 saturated heterocycles. The largest absolute Gasteiger partial charge is 0.497 e. The molecule has 3 aromatic carbocycles. The van der Waals surface area contributed by atoms with Crippen LogP contribution in [0.1, 0.15) is 30.0 Å². The number of benzene rings is 3. The summed E-state index contributed by atoms with van der Waals surface area (Å²) in [5.74, 6) is 1.74. The van der Waals surface area contributed by atoms with Gasteiger partial charge in [0.05, 0.1) is 33.0 Å². The van der Waals surface area contributed by atoms with Crippen LogP contribution in [0.3, 0.4) is 0 Å². The predicted molar refractivity (Wildman–Crippen MR) is 167 cm³/mol. The minimum Gasteiger partial charge on any atom is -0.497 e. The van der Waals surface area contributed by atoms with Crippen molar-refractivity contribution in [2.45, 2.75) is 31.6 Å². The molecule has 5 aromatic rings. The van der Waals surface area contributed by atoms with Gasteiger partial charge in [-0.3, -0.25) is 9.78 Å². The Morgan fingerprint density at radius 3 is 2.07 bits per heavy atom. The third-order valence-corrected chi connectivity index (χ3v) is 7.20. The third-order valence-electron chi connectivity index (χ3n) is 7.20. The number of fused-ring (bicyclic) bond motifs is 1. The van der Waals surface area contributed by atoms with E-state index in [4.69, 9.17) is 14.2 Å². The average Bonchev–Trinajstić information content (AvgIpc) is 3.45. The number of rotatable bonds is 12. The summed E-state index contributed by atoms with van der Waals surface area (Å²) in [7, 11) is 7.00. The molecule has 0 amide bonds. The lowest BCUT2D eigenvalue weighted by molar-refractivity contribution is -0.0433. The van der Waals surface area contributed by atoms with E-state index in [1.165, 1.54) is 0 Å². The normalized spacial score (nSPS) is 12.5. The van der Waals surface area contributed by atoms with Crippen molar-refractivity contribution in [2.75, 3.05) is 28.3 Å². The number of aryl methyl sites for hydroxylation is 1. The van der Waals surface area contributed by atoms with Crippen molar-refractivity contribution < 1.29 is 14.2 Å². The molecule has 0 spiro atoms. The van der Waals surface area contributed by atoms with Crippen molar-refractivity contribution >= 4 is 23.5 Å². The number of ether oxygens (including phenoxy) is 3. The first-order valence-corrected chi connectivity index (χ1v) is 14.0. The van der Waals surface area contributed by atoms with Crippen LogP contribution in [0.15, 0.2) is 95.0 Å². The quantitative estimate of drug-likeness (QED) is 0.124. The number of nitrogens with zero attached hydrogens (tertiary/aromatic N) is 5. The van der Waals surface area contributed by atoms with Gasteiger partial charge in [-0.1, -0.05) is 54.6 Å². The number of nitrogens with one attached hydrogen (secondary N) is 1. The lowest BCUT2D eigenvalue weighted by Crippen LogP contribution is -2.36. The third kappa shape index (κ3) is 6.29. The van der Waals surface area contributed by atoms with E-state index >= 15 is 0 Å². The Hall–Kier alpha value is -4.96. The zero-order valence-electron chi connectivity index (χ0n) is 25.0. The molecule has 43 heavy (non-hydrogen) atoms. The van der Waals surface area contributed by atoms with Gasteiger partial charge >= 0.3 is 0 Å². The van der Waals surface area contributed by atoms with Crippen molar-refractivity contribution in [3.05, 3.63) is 112 Å². The molecule has 10 heteroatoms. The number of hydrogen-bond donors (Lipinski definition) is 1. The molecule has 0 fully saturated rings. The van der Waals surface area contributed by atoms with Crippen molar-refractivity contribution in [1.29, 1.82) is 0 Å². The Balaban J connectivity index is 1.51. The van der Waals surface area contributed by atoms with E-state index in [-0.39, 0.29) is 23.1 Å². The number of aliphatic imine (C=N–C) groups is 1. The molecule has 10 nitrogen and oxygen atoms in total. The summed E-state index contributed by atoms with van der Waals surface area (Å²) in [5, 5.41) is 0. The van der Waals surface area contributed by atoms with Gasteiger partial charge in [0.1, 0.15) is 17.1 Å². The van der Waals surface area contributed by atoms with Gasteiger partial charge in [0.25, 0.3) is 5.56 Å². The molecule has 222 valence electrons. The second-order valence-electron chi connectivity index (χ2n) is 10.4. The van der Waals surface area contributed by atoms with Gasteiger partial charge in [0.15, 0.2) is 11.2 Å². The molecule has 5 rings (SSSR count). The number of hydrogen-bond acceptors (Lipinski definition) is 7. The number of H-pyrrole nitrogens is 1. The van der Waals surface area contributed by atoms with E-state index in [9.17, 15) is 4.79 Å². The van der Waals surface area contributed by atoms with E-state index < -0.39 is 5.60 Å². The minimum atomic E-state index is -0.931. The first kappa shape index (κ1) is 29.5. The van der Waals surface area contributed by atoms with Crippen LogP contribution in [-0.4, -0.2) is 65.2 Å². The fraction of sp³-hybridized carbons (Fsp3) is 0.273. The van der Waals surface area contributed by atoms with Gasteiger partial charge < -0.3 is 23.7 Å². The lowest BCUT2D eigenvalue weighted by Gasteiger charge is -2.38. The van der Waals surface area contributed by atoms with E-state index in [0.717, 1.165) is 28.2 Å². The van der Waals surface area contributed by atoms with E-state index in [2.05, 4.69) is 39.0 Å². The summed E-state index contributed by atoms with van der Waals surface area (Å²) in [6, 6.07) is 26.1. The van der Waals surface area contributed by atoms with Crippen LogP contribution in [0.2, 0.25) is 0 Å². The molecular formula is C33H36N6O4. The van der Waals surface area contributed by atoms with Crippen molar-refractivity contribution in [3.63, 3.8) is 0 Å². The van der Waals surface area contributed by atoms with Gasteiger partial charge in [-0.05, 0) is 54.3 Å². The zero-order chi connectivity index (χ0) is 30.4. The number of imidazole rings is 1. The first-order chi connectivity index (χ1) is 20.8. The highest BCUT2D eigenvalue weighted by atomic mass is 16.5. The summed E-state index contributed by atoms with van der Waals surface area (Å²) < 4.78 is 19.9. The maximum atomic E-state index is 12.6. The second kappa shape index (κ2) is 12.9. The molecule has 1 N–H and O–H groups in total. The van der Waals surface area contributed by atoms with Crippen molar-refractivity contribution in [1.82, 2.24) is 24.4 Å². The Labute approximate surface area is 250 Å². The number of aromatic amines is 1. The standard InChI is InChI=1S/C33H36N6O4/c1-23(19-20-39-22-34-29-30(39)36-32(37-31(29)40)35-21-38(2)3)43-33(24-9-7-6-8-10-24,25-11-15-27(41-4)16-12-25)26-13-17-28(42-5)18-14-26/h6-18,21-23H,19-20H2,1-5H3,(H,36,37,40)/b35-21+/t23-/m1/s1. The van der Waals surface area contributed by atoms with Gasteiger partial charge in [0, 0.05) is 20.6 Å². The van der Waals surface area contributed by atoms with Gasteiger partial charge in [-0.2, -0.15) is 4.98 Å². The van der Waals surface area contributed by atoms with Crippen molar-refractivity contribution in [3.8, 4) is 11.5 Å². The molecule has 0 unspecified atom stereocenters. The van der Waals surface area contributed by atoms with Crippen LogP contribution in [-0.2, 0) is 16.9 Å². The smallest absolute Gasteiger partial charge is 0.280 e. The van der Waals surface area contributed by atoms with Crippen LogP contribution in [0.25, 0.3) is 11.2 Å². The Kier molecular flexibility index (Phi) is 8.87. The maximum Gasteiger partial charge on any atom is 0.280 e. The molecule has 0 bridgehead atoms. The molecular weight excluding hydrogens is 544 g/mol. The fourth-order valence-electron chi connectivity index (χ4n) is 5.05. The highest BCUT2D eigenvalue weighted by Gasteiger charge is 2.39. The molecule has 0 aliphatic rings. The second-order valence-corrected chi connectivity index (χ2v) is 10.4. The van der Waals surface area contributed by atoms with E-state index in [0.29, 0.717) is 18.6 Å². The maximum absolute atomic E-state index is 12.6. The van der Waals surface area contributed by atoms with Gasteiger partial charge in [0.2, 0.25) is 5.95 Å².